The Morgan fingerprint density at radius 3 is 2.81 bits per heavy atom. The fourth-order valence-electron chi connectivity index (χ4n) is 4.01. The van der Waals surface area contributed by atoms with E-state index in [2.05, 4.69) is 17.6 Å². The van der Waals surface area contributed by atoms with Gasteiger partial charge >= 0.3 is 0 Å². The molecule has 0 radical (unpaired) electrons. The summed E-state index contributed by atoms with van der Waals surface area (Å²) in [7, 11) is 1.79. The average Bonchev–Trinajstić information content (AvgIpc) is 3.22. The van der Waals surface area contributed by atoms with Crippen LogP contribution in [0.5, 0.6) is 0 Å². The maximum atomic E-state index is 5.85. The highest BCUT2D eigenvalue weighted by Crippen LogP contribution is 2.25. The van der Waals surface area contributed by atoms with Crippen LogP contribution < -0.4 is 10.6 Å². The second kappa shape index (κ2) is 10.1. The first-order valence-corrected chi connectivity index (χ1v) is 10.4. The van der Waals surface area contributed by atoms with Crippen molar-refractivity contribution in [3.8, 4) is 0 Å². The molecule has 2 heterocycles. The number of hydrogen-bond donors (Lipinski definition) is 2. The Morgan fingerprint density at radius 2 is 2.11 bits per heavy atom. The summed E-state index contributed by atoms with van der Waals surface area (Å²) < 4.78 is 16.8. The van der Waals surface area contributed by atoms with Crippen molar-refractivity contribution in [2.45, 2.75) is 63.5 Å². The standard InChI is InChI=1S/C21H35N3O3/c1-17-6-3-4-8-19(17)24-20(22-12-9-18-7-5-13-27-18)23-16-21(25-2)10-14-26-15-11-21/h5,7,13,17,19H,3-4,6,8-12,14-16H2,1-2H3,(H2,22,23,24). The number of nitrogens with zero attached hydrogens (tertiary/aromatic N) is 1. The maximum Gasteiger partial charge on any atom is 0.191 e. The molecule has 1 aromatic rings. The molecule has 1 saturated heterocycles. The van der Waals surface area contributed by atoms with Crippen molar-refractivity contribution in [1.29, 1.82) is 0 Å². The zero-order valence-electron chi connectivity index (χ0n) is 16.8. The second-order valence-electron chi connectivity index (χ2n) is 7.93. The Kier molecular flexibility index (Phi) is 7.59. The molecule has 0 spiro atoms. The third kappa shape index (κ3) is 5.98. The molecule has 27 heavy (non-hydrogen) atoms. The molecule has 3 rings (SSSR count). The van der Waals surface area contributed by atoms with Gasteiger partial charge in [-0.25, -0.2) is 0 Å². The summed E-state index contributed by atoms with van der Waals surface area (Å²) in [5.74, 6) is 2.56. The van der Waals surface area contributed by atoms with Gasteiger partial charge in [-0.1, -0.05) is 19.8 Å². The first-order chi connectivity index (χ1) is 13.2. The summed E-state index contributed by atoms with van der Waals surface area (Å²) in [6.07, 6.45) is 9.49. The van der Waals surface area contributed by atoms with Gasteiger partial charge in [-0.15, -0.1) is 0 Å². The molecule has 0 aromatic carbocycles. The average molecular weight is 378 g/mol. The molecule has 152 valence electrons. The maximum absolute atomic E-state index is 5.85. The Hall–Kier alpha value is -1.53. The van der Waals surface area contributed by atoms with Gasteiger partial charge in [0, 0.05) is 52.2 Å². The van der Waals surface area contributed by atoms with Crippen molar-refractivity contribution in [3.63, 3.8) is 0 Å². The van der Waals surface area contributed by atoms with Gasteiger partial charge in [0.1, 0.15) is 5.76 Å². The molecule has 6 heteroatoms. The molecule has 1 aliphatic heterocycles. The van der Waals surface area contributed by atoms with Crippen LogP contribution in [0.1, 0.15) is 51.2 Å². The van der Waals surface area contributed by atoms with Crippen LogP contribution in [0, 0.1) is 5.92 Å². The van der Waals surface area contributed by atoms with Gasteiger partial charge < -0.3 is 24.5 Å². The van der Waals surface area contributed by atoms with Crippen LogP contribution in [-0.2, 0) is 15.9 Å². The molecule has 2 N–H and O–H groups in total. The van der Waals surface area contributed by atoms with E-state index in [1.165, 1.54) is 25.7 Å². The van der Waals surface area contributed by atoms with Gasteiger partial charge in [0.25, 0.3) is 0 Å². The molecule has 2 aliphatic rings. The summed E-state index contributed by atoms with van der Waals surface area (Å²) in [5.41, 5.74) is -0.202. The van der Waals surface area contributed by atoms with Gasteiger partial charge in [0.15, 0.2) is 5.96 Å². The van der Waals surface area contributed by atoms with Gasteiger partial charge in [0.05, 0.1) is 18.4 Å². The predicted octanol–water partition coefficient (Wildman–Crippen LogP) is 3.13. The third-order valence-corrected chi connectivity index (χ3v) is 6.04. The molecular formula is C21H35N3O3. The fourth-order valence-corrected chi connectivity index (χ4v) is 4.01. The summed E-state index contributed by atoms with van der Waals surface area (Å²) in [4.78, 5) is 4.92. The number of nitrogens with one attached hydrogen (secondary N) is 2. The summed E-state index contributed by atoms with van der Waals surface area (Å²) in [6, 6.07) is 4.43. The highest BCUT2D eigenvalue weighted by atomic mass is 16.5. The minimum Gasteiger partial charge on any atom is -0.469 e. The molecule has 6 nitrogen and oxygen atoms in total. The minimum absolute atomic E-state index is 0.202. The molecule has 2 atom stereocenters. The van der Waals surface area contributed by atoms with Crippen LogP contribution >= 0.6 is 0 Å². The van der Waals surface area contributed by atoms with E-state index in [0.29, 0.717) is 18.5 Å². The van der Waals surface area contributed by atoms with Crippen LogP contribution in [0.3, 0.4) is 0 Å². The minimum atomic E-state index is -0.202. The summed E-state index contributed by atoms with van der Waals surface area (Å²) in [5, 5.41) is 7.19. The predicted molar refractivity (Wildman–Crippen MR) is 107 cm³/mol. The quantitative estimate of drug-likeness (QED) is 0.564. The molecule has 0 amide bonds. The van der Waals surface area contributed by atoms with Crippen molar-refractivity contribution in [2.24, 2.45) is 10.9 Å². The molecular weight excluding hydrogens is 342 g/mol. The molecule has 1 saturated carbocycles. The first-order valence-electron chi connectivity index (χ1n) is 10.4. The molecule has 1 aliphatic carbocycles. The lowest BCUT2D eigenvalue weighted by atomic mass is 9.86. The normalized spacial score (nSPS) is 25.9. The lowest BCUT2D eigenvalue weighted by Gasteiger charge is -2.35. The Labute approximate surface area is 163 Å². The van der Waals surface area contributed by atoms with Crippen LogP contribution in [0.25, 0.3) is 0 Å². The van der Waals surface area contributed by atoms with Crippen LogP contribution in [-0.4, -0.2) is 51.0 Å². The lowest BCUT2D eigenvalue weighted by molar-refractivity contribution is -0.0829. The largest absolute Gasteiger partial charge is 0.469 e. The van der Waals surface area contributed by atoms with Crippen molar-refractivity contribution in [3.05, 3.63) is 24.2 Å². The van der Waals surface area contributed by atoms with Crippen molar-refractivity contribution < 1.29 is 13.9 Å². The summed E-state index contributed by atoms with van der Waals surface area (Å²) >= 11 is 0. The van der Waals surface area contributed by atoms with Crippen molar-refractivity contribution >= 4 is 5.96 Å². The van der Waals surface area contributed by atoms with E-state index >= 15 is 0 Å². The van der Waals surface area contributed by atoms with E-state index in [-0.39, 0.29) is 5.60 Å². The number of furan rings is 1. The van der Waals surface area contributed by atoms with Gasteiger partial charge in [-0.05, 0) is 30.9 Å². The molecule has 0 bridgehead atoms. The number of guanidine groups is 1. The Bertz CT molecular complexity index is 567. The number of ether oxygens (including phenoxy) is 2. The summed E-state index contributed by atoms with van der Waals surface area (Å²) in [6.45, 7) is 5.29. The molecule has 2 unspecified atom stereocenters. The Morgan fingerprint density at radius 1 is 1.30 bits per heavy atom. The smallest absolute Gasteiger partial charge is 0.191 e. The van der Waals surface area contributed by atoms with Crippen LogP contribution in [0.2, 0.25) is 0 Å². The first kappa shape index (κ1) is 20.2. The van der Waals surface area contributed by atoms with E-state index in [0.717, 1.165) is 50.7 Å². The Balaban J connectivity index is 1.61. The number of rotatable bonds is 7. The molecule has 2 fully saturated rings. The van der Waals surface area contributed by atoms with E-state index in [1.54, 1.807) is 13.4 Å². The van der Waals surface area contributed by atoms with E-state index in [1.807, 2.05) is 12.1 Å². The van der Waals surface area contributed by atoms with Gasteiger partial charge in [-0.3, -0.25) is 4.99 Å². The number of methoxy groups -OCH3 is 1. The topological polar surface area (TPSA) is 68.0 Å². The van der Waals surface area contributed by atoms with Gasteiger partial charge in [-0.2, -0.15) is 0 Å². The lowest BCUT2D eigenvalue weighted by Crippen LogP contribution is -2.49. The SMILES string of the molecule is COC1(CN=C(NCCc2ccco2)NC2CCCCC2C)CCOCC1. The highest BCUT2D eigenvalue weighted by Gasteiger charge is 2.32. The number of hydrogen-bond acceptors (Lipinski definition) is 4. The van der Waals surface area contributed by atoms with Crippen molar-refractivity contribution in [1.82, 2.24) is 10.6 Å². The van der Waals surface area contributed by atoms with Crippen LogP contribution in [0.15, 0.2) is 27.8 Å². The van der Waals surface area contributed by atoms with E-state index < -0.39 is 0 Å². The molecule has 1 aromatic heterocycles. The zero-order valence-corrected chi connectivity index (χ0v) is 16.8. The second-order valence-corrected chi connectivity index (χ2v) is 7.93. The fraction of sp³-hybridized carbons (Fsp3) is 0.762. The van der Waals surface area contributed by atoms with Crippen LogP contribution in [0.4, 0.5) is 0 Å². The van der Waals surface area contributed by atoms with E-state index in [4.69, 9.17) is 18.9 Å². The van der Waals surface area contributed by atoms with E-state index in [9.17, 15) is 0 Å². The van der Waals surface area contributed by atoms with Crippen molar-refractivity contribution in [2.75, 3.05) is 33.4 Å². The zero-order chi connectivity index (χ0) is 19.0. The monoisotopic (exact) mass is 377 g/mol. The number of aliphatic imine (C=N–C) groups is 1. The van der Waals surface area contributed by atoms with Gasteiger partial charge in [0.2, 0.25) is 0 Å². The third-order valence-electron chi connectivity index (χ3n) is 6.04. The highest BCUT2D eigenvalue weighted by molar-refractivity contribution is 5.80.